The van der Waals surface area contributed by atoms with Crippen molar-refractivity contribution < 1.29 is 0 Å². The third-order valence-electron chi connectivity index (χ3n) is 2.88. The topological polar surface area (TPSA) is 17.8 Å². The Morgan fingerprint density at radius 3 is 2.56 bits per heavy atom. The molecule has 3 aromatic rings. The van der Waals surface area contributed by atoms with Crippen molar-refractivity contribution in [2.75, 3.05) is 0 Å². The lowest BCUT2D eigenvalue weighted by Gasteiger charge is -2.08. The monoisotopic (exact) mass is 320 g/mol. The van der Waals surface area contributed by atoms with Crippen molar-refractivity contribution in [2.24, 2.45) is 0 Å². The van der Waals surface area contributed by atoms with Crippen LogP contribution in [0.15, 0.2) is 53.1 Å². The van der Waals surface area contributed by atoms with E-state index >= 15 is 0 Å². The normalized spacial score (nSPS) is 11.0. The lowest BCUT2D eigenvalue weighted by atomic mass is 10.1. The zero-order valence-electron chi connectivity index (χ0n) is 9.48. The van der Waals surface area contributed by atoms with Gasteiger partial charge in [0.25, 0.3) is 0 Å². The summed E-state index contributed by atoms with van der Waals surface area (Å²) in [5.74, 6) is 0.432. The number of aromatic nitrogens is 2. The van der Waals surface area contributed by atoms with Gasteiger partial charge >= 0.3 is 0 Å². The Kier molecular flexibility index (Phi) is 3.10. The Balaban J connectivity index is 2.26. The quantitative estimate of drug-likeness (QED) is 0.634. The first-order valence-corrected chi connectivity index (χ1v) is 6.90. The van der Waals surface area contributed by atoms with E-state index in [0.717, 1.165) is 21.2 Å². The number of fused-ring (bicyclic) bond motifs is 1. The number of hydrogen-bond acceptors (Lipinski definition) is 1. The minimum atomic E-state index is 0.432. The van der Waals surface area contributed by atoms with Crippen LogP contribution in [0.3, 0.4) is 0 Å². The van der Waals surface area contributed by atoms with Crippen LogP contribution in [-0.4, -0.2) is 9.78 Å². The fourth-order valence-corrected chi connectivity index (χ4v) is 2.63. The average Bonchev–Trinajstić information content (AvgIpc) is 2.88. The summed E-state index contributed by atoms with van der Waals surface area (Å²) in [6.45, 7) is 0. The Labute approximate surface area is 118 Å². The maximum absolute atomic E-state index is 5.79. The molecule has 1 aromatic heterocycles. The molecule has 0 radical (unpaired) electrons. The van der Waals surface area contributed by atoms with Crippen LogP contribution in [0.5, 0.6) is 0 Å². The van der Waals surface area contributed by atoms with Gasteiger partial charge in [0.2, 0.25) is 0 Å². The molecule has 90 valence electrons. The summed E-state index contributed by atoms with van der Waals surface area (Å²) in [4.78, 5) is 0. The first kappa shape index (κ1) is 11.8. The lowest BCUT2D eigenvalue weighted by Crippen LogP contribution is -1.97. The van der Waals surface area contributed by atoms with E-state index in [-0.39, 0.29) is 0 Å². The summed E-state index contributed by atoms with van der Waals surface area (Å²) in [6, 6.07) is 14.3. The zero-order chi connectivity index (χ0) is 12.5. The van der Waals surface area contributed by atoms with Gasteiger partial charge in [-0.3, -0.25) is 0 Å². The van der Waals surface area contributed by atoms with E-state index in [1.54, 1.807) is 0 Å². The number of hydrogen-bond donors (Lipinski definition) is 0. The summed E-state index contributed by atoms with van der Waals surface area (Å²) >= 11 is 9.36. The molecule has 0 N–H and O–H groups in total. The van der Waals surface area contributed by atoms with Crippen LogP contribution in [0.4, 0.5) is 0 Å². The van der Waals surface area contributed by atoms with Crippen LogP contribution in [0.1, 0.15) is 5.69 Å². The Morgan fingerprint density at radius 1 is 1.06 bits per heavy atom. The molecule has 0 fully saturated rings. The van der Waals surface area contributed by atoms with Gasteiger partial charge in [-0.1, -0.05) is 40.2 Å². The summed E-state index contributed by atoms with van der Waals surface area (Å²) in [5.41, 5.74) is 1.94. The van der Waals surface area contributed by atoms with Crippen molar-refractivity contribution in [1.29, 1.82) is 0 Å². The van der Waals surface area contributed by atoms with Crippen LogP contribution in [0, 0.1) is 0 Å². The maximum atomic E-state index is 5.79. The minimum Gasteiger partial charge on any atom is -0.240 e. The number of halogens is 2. The second kappa shape index (κ2) is 4.75. The smallest absolute Gasteiger partial charge is 0.0776 e. The van der Waals surface area contributed by atoms with Crippen LogP contribution < -0.4 is 0 Å². The highest BCUT2D eigenvalue weighted by Gasteiger charge is 2.07. The molecule has 0 unspecified atom stereocenters. The molecule has 18 heavy (non-hydrogen) atoms. The average molecular weight is 322 g/mol. The fraction of sp³-hybridized carbons (Fsp3) is 0.0714. The van der Waals surface area contributed by atoms with Crippen LogP contribution in [0.2, 0.25) is 0 Å². The molecule has 0 spiro atoms. The zero-order valence-corrected chi connectivity index (χ0v) is 11.8. The van der Waals surface area contributed by atoms with Crippen LogP contribution in [-0.2, 0) is 5.88 Å². The fourth-order valence-electron chi connectivity index (χ4n) is 2.01. The highest BCUT2D eigenvalue weighted by atomic mass is 79.9. The van der Waals surface area contributed by atoms with Gasteiger partial charge in [0, 0.05) is 16.1 Å². The van der Waals surface area contributed by atoms with Crippen LogP contribution in [0.25, 0.3) is 16.5 Å². The summed E-state index contributed by atoms with van der Waals surface area (Å²) in [6.07, 6.45) is 1.94. The second-order valence-electron chi connectivity index (χ2n) is 4.00. The molecule has 1 heterocycles. The van der Waals surface area contributed by atoms with Crippen molar-refractivity contribution in [3.63, 3.8) is 0 Å². The highest BCUT2D eigenvalue weighted by Crippen LogP contribution is 2.28. The third-order valence-corrected chi connectivity index (χ3v) is 3.84. The molecule has 4 heteroatoms. The van der Waals surface area contributed by atoms with E-state index in [1.165, 1.54) is 5.39 Å². The largest absolute Gasteiger partial charge is 0.240 e. The van der Waals surface area contributed by atoms with Gasteiger partial charge < -0.3 is 0 Å². The van der Waals surface area contributed by atoms with Crippen LogP contribution >= 0.6 is 27.5 Å². The minimum absolute atomic E-state index is 0.432. The molecule has 0 saturated carbocycles. The van der Waals surface area contributed by atoms with E-state index in [9.17, 15) is 0 Å². The molecule has 2 nitrogen and oxygen atoms in total. The van der Waals surface area contributed by atoms with Gasteiger partial charge in [-0.15, -0.1) is 11.6 Å². The van der Waals surface area contributed by atoms with Crippen molar-refractivity contribution in [3.8, 4) is 5.69 Å². The number of benzene rings is 2. The van der Waals surface area contributed by atoms with E-state index in [0.29, 0.717) is 5.88 Å². The molecule has 0 bridgehead atoms. The van der Waals surface area contributed by atoms with Crippen molar-refractivity contribution in [2.45, 2.75) is 5.88 Å². The van der Waals surface area contributed by atoms with Crippen molar-refractivity contribution >= 4 is 38.3 Å². The number of alkyl halides is 1. The van der Waals surface area contributed by atoms with E-state index < -0.39 is 0 Å². The Morgan fingerprint density at radius 2 is 1.83 bits per heavy atom. The summed E-state index contributed by atoms with van der Waals surface area (Å²) < 4.78 is 2.96. The molecule has 0 aliphatic carbocycles. The van der Waals surface area contributed by atoms with Gasteiger partial charge in [0.05, 0.1) is 17.3 Å². The molecule has 0 aliphatic rings. The van der Waals surface area contributed by atoms with Gasteiger partial charge in [-0.05, 0) is 23.6 Å². The molecule has 3 rings (SSSR count). The molecule has 0 saturated heterocycles. The van der Waals surface area contributed by atoms with Gasteiger partial charge in [0.1, 0.15) is 0 Å². The molecule has 0 amide bonds. The van der Waals surface area contributed by atoms with Gasteiger partial charge in [-0.25, -0.2) is 4.68 Å². The predicted octanol–water partition coefficient (Wildman–Crippen LogP) is 4.53. The predicted molar refractivity (Wildman–Crippen MR) is 78.3 cm³/mol. The first-order valence-electron chi connectivity index (χ1n) is 5.58. The second-order valence-corrected chi connectivity index (χ2v) is 5.12. The summed E-state index contributed by atoms with van der Waals surface area (Å²) in [7, 11) is 0. The highest BCUT2D eigenvalue weighted by molar-refractivity contribution is 9.10. The third kappa shape index (κ3) is 1.93. The first-order chi connectivity index (χ1) is 8.79. The van der Waals surface area contributed by atoms with Crippen molar-refractivity contribution in [3.05, 3.63) is 58.8 Å². The molecular weight excluding hydrogens is 312 g/mol. The maximum Gasteiger partial charge on any atom is 0.0776 e. The number of rotatable bonds is 2. The molecule has 0 atom stereocenters. The van der Waals surface area contributed by atoms with E-state index in [2.05, 4.69) is 39.2 Å². The van der Waals surface area contributed by atoms with Gasteiger partial charge in [-0.2, -0.15) is 5.10 Å². The standard InChI is InChI=1S/C14H10BrClN2/c15-13-5-6-14(12-4-2-1-3-11(12)13)18-8-7-10(9-16)17-18/h1-8H,9H2. The molecule has 0 aliphatic heterocycles. The Bertz CT molecular complexity index is 706. The van der Waals surface area contributed by atoms with E-state index in [4.69, 9.17) is 11.6 Å². The SMILES string of the molecule is ClCc1ccn(-c2ccc(Br)c3ccccc23)n1. The summed E-state index contributed by atoms with van der Waals surface area (Å²) in [5, 5.41) is 6.79. The number of nitrogens with zero attached hydrogens (tertiary/aromatic N) is 2. The molecule has 2 aromatic carbocycles. The molecular formula is C14H10BrClN2. The van der Waals surface area contributed by atoms with Gasteiger partial charge in [0.15, 0.2) is 0 Å². The Hall–Kier alpha value is -1.32. The lowest BCUT2D eigenvalue weighted by molar-refractivity contribution is 0.865. The van der Waals surface area contributed by atoms with Crippen molar-refractivity contribution in [1.82, 2.24) is 9.78 Å². The van der Waals surface area contributed by atoms with E-state index in [1.807, 2.05) is 35.1 Å².